The summed E-state index contributed by atoms with van der Waals surface area (Å²) in [6, 6.07) is 11.5. The largest absolute Gasteiger partial charge is 0.438 e. The molecule has 1 aliphatic heterocycles. The van der Waals surface area contributed by atoms with Gasteiger partial charge in [0.15, 0.2) is 11.5 Å². The minimum atomic E-state index is -0.176. The maximum atomic E-state index is 12.8. The lowest BCUT2D eigenvalue weighted by molar-refractivity contribution is 0.101. The Balaban J connectivity index is 1.15. The molecule has 1 amide bonds. The highest BCUT2D eigenvalue weighted by molar-refractivity contribution is 6.03. The first-order valence-corrected chi connectivity index (χ1v) is 13.0. The Morgan fingerprint density at radius 2 is 1.92 bits per heavy atom. The number of nitrogens with one attached hydrogen (secondary N) is 3. The summed E-state index contributed by atoms with van der Waals surface area (Å²) < 4.78 is 11.6. The lowest BCUT2D eigenvalue weighted by atomic mass is 10.1. The third kappa shape index (κ3) is 5.34. The number of fused-ring (bicyclic) bond motifs is 1. The molecule has 200 valence electrons. The maximum absolute atomic E-state index is 12.8. The van der Waals surface area contributed by atoms with Gasteiger partial charge in [0, 0.05) is 37.3 Å². The number of aryl methyl sites for hydroxylation is 3. The standard InChI is InChI=1S/C28H31N9O2/c1-18-12-24(35(3)15-18)28(38)32-23-13-22(5-4-19(23)2)39-27-7-6-26-33-25(17-37(26)34-27)31-20-14-30-36(16-20)21-8-10-29-11-9-21/h4-7,12-17,21,29,31H,8-11H2,1-3H3,(H,32,38). The SMILES string of the molecule is Cc1cc(C(=O)Nc2cc(Oc3ccc4nc(Nc5cnn(C6CCNCC6)c5)cn4n3)ccc2C)n(C)c1. The summed E-state index contributed by atoms with van der Waals surface area (Å²) in [6.07, 6.45) is 9.72. The highest BCUT2D eigenvalue weighted by Crippen LogP contribution is 2.27. The number of hydrogen-bond donors (Lipinski definition) is 3. The van der Waals surface area contributed by atoms with E-state index in [9.17, 15) is 4.79 Å². The third-order valence-electron chi connectivity index (χ3n) is 6.91. The van der Waals surface area contributed by atoms with Gasteiger partial charge in [0.2, 0.25) is 5.88 Å². The minimum absolute atomic E-state index is 0.176. The molecule has 3 N–H and O–H groups in total. The van der Waals surface area contributed by atoms with Gasteiger partial charge in [-0.3, -0.25) is 9.48 Å². The average Bonchev–Trinajstić information content (AvgIpc) is 3.64. The molecule has 11 heteroatoms. The van der Waals surface area contributed by atoms with Gasteiger partial charge in [-0.25, -0.2) is 9.50 Å². The molecule has 4 aromatic heterocycles. The van der Waals surface area contributed by atoms with Gasteiger partial charge in [-0.15, -0.1) is 5.10 Å². The van der Waals surface area contributed by atoms with E-state index in [4.69, 9.17) is 4.74 Å². The molecule has 0 atom stereocenters. The van der Waals surface area contributed by atoms with Gasteiger partial charge in [0.25, 0.3) is 5.91 Å². The summed E-state index contributed by atoms with van der Waals surface area (Å²) in [4.78, 5) is 17.4. The van der Waals surface area contributed by atoms with Crippen LogP contribution < -0.4 is 20.7 Å². The Hall–Kier alpha value is -4.64. The van der Waals surface area contributed by atoms with E-state index in [0.29, 0.717) is 40.5 Å². The fourth-order valence-corrected chi connectivity index (χ4v) is 4.86. The number of imidazole rings is 1. The van der Waals surface area contributed by atoms with Gasteiger partial charge < -0.3 is 25.3 Å². The molecule has 0 aliphatic carbocycles. The molecule has 0 saturated carbocycles. The zero-order valence-electron chi connectivity index (χ0n) is 22.2. The van der Waals surface area contributed by atoms with Crippen molar-refractivity contribution in [2.45, 2.75) is 32.7 Å². The number of ether oxygens (including phenoxy) is 1. The number of hydrogen-bond acceptors (Lipinski definition) is 7. The maximum Gasteiger partial charge on any atom is 0.272 e. The molecule has 6 rings (SSSR count). The third-order valence-corrected chi connectivity index (χ3v) is 6.91. The fourth-order valence-electron chi connectivity index (χ4n) is 4.86. The summed E-state index contributed by atoms with van der Waals surface area (Å²) in [5, 5.41) is 18.8. The van der Waals surface area contributed by atoms with E-state index < -0.39 is 0 Å². The summed E-state index contributed by atoms with van der Waals surface area (Å²) in [5.74, 6) is 1.46. The van der Waals surface area contributed by atoms with Crippen molar-refractivity contribution in [3.8, 4) is 11.6 Å². The molecule has 0 unspecified atom stereocenters. The van der Waals surface area contributed by atoms with Crippen LogP contribution in [0.3, 0.4) is 0 Å². The van der Waals surface area contributed by atoms with Crippen LogP contribution in [-0.4, -0.2) is 47.9 Å². The molecule has 5 aromatic rings. The molecule has 1 aliphatic rings. The topological polar surface area (TPSA) is 115 Å². The number of amides is 1. The van der Waals surface area contributed by atoms with Crippen molar-refractivity contribution in [1.82, 2.24) is 34.3 Å². The smallest absolute Gasteiger partial charge is 0.272 e. The van der Waals surface area contributed by atoms with Gasteiger partial charge in [0.1, 0.15) is 11.4 Å². The van der Waals surface area contributed by atoms with Crippen molar-refractivity contribution in [3.63, 3.8) is 0 Å². The Labute approximate surface area is 225 Å². The van der Waals surface area contributed by atoms with Gasteiger partial charge in [0.05, 0.1) is 24.1 Å². The molecule has 39 heavy (non-hydrogen) atoms. The second-order valence-electron chi connectivity index (χ2n) is 9.96. The van der Waals surface area contributed by atoms with Gasteiger partial charge in [-0.05, 0) is 69.1 Å². The Kier molecular flexibility index (Phi) is 6.49. The van der Waals surface area contributed by atoms with E-state index in [-0.39, 0.29) is 5.91 Å². The minimum Gasteiger partial charge on any atom is -0.438 e. The van der Waals surface area contributed by atoms with Gasteiger partial charge in [-0.1, -0.05) is 6.07 Å². The summed E-state index contributed by atoms with van der Waals surface area (Å²) in [5.41, 5.74) is 4.80. The zero-order chi connectivity index (χ0) is 26.9. The molecular weight excluding hydrogens is 494 g/mol. The predicted molar refractivity (Wildman–Crippen MR) is 149 cm³/mol. The summed E-state index contributed by atoms with van der Waals surface area (Å²) in [6.45, 7) is 5.93. The van der Waals surface area contributed by atoms with Crippen molar-refractivity contribution >= 4 is 28.7 Å². The molecule has 11 nitrogen and oxygen atoms in total. The first-order valence-electron chi connectivity index (χ1n) is 13.0. The van der Waals surface area contributed by atoms with E-state index in [1.165, 1.54) is 0 Å². The number of aromatic nitrogens is 6. The monoisotopic (exact) mass is 525 g/mol. The summed E-state index contributed by atoms with van der Waals surface area (Å²) in [7, 11) is 1.86. The van der Waals surface area contributed by atoms with E-state index >= 15 is 0 Å². The second kappa shape index (κ2) is 10.3. The summed E-state index contributed by atoms with van der Waals surface area (Å²) >= 11 is 0. The zero-order valence-corrected chi connectivity index (χ0v) is 22.2. The number of anilines is 3. The quantitative estimate of drug-likeness (QED) is 0.285. The van der Waals surface area contributed by atoms with Crippen LogP contribution in [0.25, 0.3) is 5.65 Å². The van der Waals surface area contributed by atoms with Crippen LogP contribution in [-0.2, 0) is 7.05 Å². The number of nitrogens with zero attached hydrogens (tertiary/aromatic N) is 6. The first kappa shape index (κ1) is 24.7. The normalized spacial score (nSPS) is 14.0. The first-order chi connectivity index (χ1) is 18.9. The van der Waals surface area contributed by atoms with Crippen molar-refractivity contribution in [2.75, 3.05) is 23.7 Å². The lowest BCUT2D eigenvalue weighted by Gasteiger charge is -2.22. The predicted octanol–water partition coefficient (Wildman–Crippen LogP) is 4.59. The Morgan fingerprint density at radius 3 is 2.72 bits per heavy atom. The molecular formula is C28H31N9O2. The van der Waals surface area contributed by atoms with E-state index in [1.807, 2.05) is 79.2 Å². The Bertz CT molecular complexity index is 1640. The lowest BCUT2D eigenvalue weighted by Crippen LogP contribution is -2.29. The van der Waals surface area contributed by atoms with Crippen molar-refractivity contribution in [1.29, 1.82) is 0 Å². The number of piperidine rings is 1. The van der Waals surface area contributed by atoms with Crippen LogP contribution in [0.1, 0.15) is 40.5 Å². The second-order valence-corrected chi connectivity index (χ2v) is 9.96. The molecule has 5 heterocycles. The van der Waals surface area contributed by atoms with Gasteiger partial charge in [-0.2, -0.15) is 5.10 Å². The fraction of sp³-hybridized carbons (Fsp3) is 0.286. The molecule has 1 saturated heterocycles. The van der Waals surface area contributed by atoms with Crippen LogP contribution >= 0.6 is 0 Å². The van der Waals surface area contributed by atoms with E-state index in [0.717, 1.165) is 42.7 Å². The van der Waals surface area contributed by atoms with Crippen LogP contribution in [0.5, 0.6) is 11.6 Å². The average molecular weight is 526 g/mol. The number of benzene rings is 1. The molecule has 1 aromatic carbocycles. The van der Waals surface area contributed by atoms with E-state index in [2.05, 4.69) is 31.1 Å². The number of carbonyl (C=O) groups excluding carboxylic acids is 1. The van der Waals surface area contributed by atoms with Crippen LogP contribution in [0.2, 0.25) is 0 Å². The van der Waals surface area contributed by atoms with E-state index in [1.54, 1.807) is 16.6 Å². The molecule has 0 bridgehead atoms. The molecule has 0 radical (unpaired) electrons. The number of carbonyl (C=O) groups is 1. The number of rotatable bonds is 7. The van der Waals surface area contributed by atoms with Crippen LogP contribution in [0, 0.1) is 13.8 Å². The Morgan fingerprint density at radius 1 is 1.08 bits per heavy atom. The van der Waals surface area contributed by atoms with Crippen molar-refractivity contribution in [3.05, 3.63) is 78.0 Å². The van der Waals surface area contributed by atoms with Crippen molar-refractivity contribution in [2.24, 2.45) is 7.05 Å². The molecule has 1 fully saturated rings. The van der Waals surface area contributed by atoms with Crippen LogP contribution in [0.15, 0.2) is 61.2 Å². The highest BCUT2D eigenvalue weighted by atomic mass is 16.5. The highest BCUT2D eigenvalue weighted by Gasteiger charge is 2.16. The van der Waals surface area contributed by atoms with Crippen LogP contribution in [0.4, 0.5) is 17.2 Å². The molecule has 0 spiro atoms. The van der Waals surface area contributed by atoms with Crippen molar-refractivity contribution < 1.29 is 9.53 Å². The van der Waals surface area contributed by atoms with Gasteiger partial charge >= 0.3 is 0 Å².